The molecular formula is C21H17BrN2O2. The number of anilines is 2. The van der Waals surface area contributed by atoms with Gasteiger partial charge in [0.05, 0.1) is 16.8 Å². The molecule has 0 aliphatic heterocycles. The minimum Gasteiger partial charge on any atom is -0.322 e. The van der Waals surface area contributed by atoms with Crippen LogP contribution in [0.4, 0.5) is 11.4 Å². The summed E-state index contributed by atoms with van der Waals surface area (Å²) in [4.78, 5) is 25.2. The molecule has 3 rings (SSSR count). The number of amides is 2. The SMILES string of the molecule is Cc1cccc(NC(=O)c2ccccc2NC(=O)c2ccccc2Br)c1. The fraction of sp³-hybridized carbons (Fsp3) is 0.0476. The summed E-state index contributed by atoms with van der Waals surface area (Å²) in [5.74, 6) is -0.563. The second-order valence-electron chi connectivity index (χ2n) is 5.80. The first-order valence-corrected chi connectivity index (χ1v) is 8.87. The summed E-state index contributed by atoms with van der Waals surface area (Å²) in [5.41, 5.74) is 3.12. The first kappa shape index (κ1) is 17.9. The molecule has 0 saturated carbocycles. The third kappa shape index (κ3) is 4.18. The highest BCUT2D eigenvalue weighted by atomic mass is 79.9. The van der Waals surface area contributed by atoms with Crippen molar-refractivity contribution in [2.75, 3.05) is 10.6 Å². The molecule has 2 amide bonds. The van der Waals surface area contributed by atoms with E-state index in [4.69, 9.17) is 0 Å². The molecule has 3 aromatic carbocycles. The topological polar surface area (TPSA) is 58.2 Å². The van der Waals surface area contributed by atoms with Crippen LogP contribution in [0.1, 0.15) is 26.3 Å². The lowest BCUT2D eigenvalue weighted by Gasteiger charge is -2.12. The fourth-order valence-corrected chi connectivity index (χ4v) is 3.01. The average molecular weight is 409 g/mol. The summed E-state index contributed by atoms with van der Waals surface area (Å²) in [6.07, 6.45) is 0. The van der Waals surface area contributed by atoms with Gasteiger partial charge in [0, 0.05) is 10.2 Å². The first-order chi connectivity index (χ1) is 12.5. The van der Waals surface area contributed by atoms with Crippen LogP contribution in [0.2, 0.25) is 0 Å². The smallest absolute Gasteiger partial charge is 0.257 e. The van der Waals surface area contributed by atoms with Crippen molar-refractivity contribution in [3.8, 4) is 0 Å². The number of hydrogen-bond donors (Lipinski definition) is 2. The summed E-state index contributed by atoms with van der Waals surface area (Å²) in [5, 5.41) is 5.68. The van der Waals surface area contributed by atoms with Crippen LogP contribution in [0.15, 0.2) is 77.3 Å². The van der Waals surface area contributed by atoms with Crippen LogP contribution in [-0.4, -0.2) is 11.8 Å². The van der Waals surface area contributed by atoms with E-state index >= 15 is 0 Å². The van der Waals surface area contributed by atoms with Gasteiger partial charge in [-0.3, -0.25) is 9.59 Å². The van der Waals surface area contributed by atoms with Gasteiger partial charge in [0.25, 0.3) is 11.8 Å². The molecule has 0 radical (unpaired) electrons. The highest BCUT2D eigenvalue weighted by molar-refractivity contribution is 9.10. The van der Waals surface area contributed by atoms with Crippen molar-refractivity contribution in [2.24, 2.45) is 0 Å². The van der Waals surface area contributed by atoms with E-state index in [-0.39, 0.29) is 11.8 Å². The average Bonchev–Trinajstić information content (AvgIpc) is 2.62. The van der Waals surface area contributed by atoms with Crippen LogP contribution in [0.5, 0.6) is 0 Å². The first-order valence-electron chi connectivity index (χ1n) is 8.07. The molecule has 2 N–H and O–H groups in total. The lowest BCUT2D eigenvalue weighted by atomic mass is 10.1. The van der Waals surface area contributed by atoms with Gasteiger partial charge in [0.2, 0.25) is 0 Å². The molecule has 0 heterocycles. The molecule has 0 saturated heterocycles. The molecule has 0 atom stereocenters. The van der Waals surface area contributed by atoms with Gasteiger partial charge in [-0.1, -0.05) is 36.4 Å². The number of halogens is 1. The normalized spacial score (nSPS) is 10.2. The summed E-state index contributed by atoms with van der Waals surface area (Å²) in [6, 6.07) is 21.6. The Morgan fingerprint density at radius 2 is 1.42 bits per heavy atom. The van der Waals surface area contributed by atoms with Crippen molar-refractivity contribution < 1.29 is 9.59 Å². The Labute approximate surface area is 160 Å². The second kappa shape index (κ2) is 7.97. The van der Waals surface area contributed by atoms with Crippen LogP contribution < -0.4 is 10.6 Å². The van der Waals surface area contributed by atoms with Crippen molar-refractivity contribution in [3.63, 3.8) is 0 Å². The molecule has 0 spiro atoms. The van der Waals surface area contributed by atoms with Crippen LogP contribution in [-0.2, 0) is 0 Å². The van der Waals surface area contributed by atoms with Gasteiger partial charge in [-0.25, -0.2) is 0 Å². The number of hydrogen-bond acceptors (Lipinski definition) is 2. The van der Waals surface area contributed by atoms with Gasteiger partial charge < -0.3 is 10.6 Å². The van der Waals surface area contributed by atoms with Crippen LogP contribution in [0.25, 0.3) is 0 Å². The lowest BCUT2D eigenvalue weighted by Crippen LogP contribution is -2.18. The van der Waals surface area contributed by atoms with E-state index in [2.05, 4.69) is 26.6 Å². The Bertz CT molecular complexity index is 969. The molecule has 0 aromatic heterocycles. The van der Waals surface area contributed by atoms with Gasteiger partial charge in [0.1, 0.15) is 0 Å². The van der Waals surface area contributed by atoms with Crippen molar-refractivity contribution in [3.05, 3.63) is 94.0 Å². The van der Waals surface area contributed by atoms with E-state index in [0.717, 1.165) is 5.56 Å². The molecule has 0 fully saturated rings. The molecule has 3 aromatic rings. The molecule has 0 aliphatic carbocycles. The predicted octanol–water partition coefficient (Wildman–Crippen LogP) is 5.26. The summed E-state index contributed by atoms with van der Waals surface area (Å²) in [6.45, 7) is 1.96. The number of rotatable bonds is 4. The molecule has 0 aliphatic rings. The zero-order valence-electron chi connectivity index (χ0n) is 14.1. The van der Waals surface area contributed by atoms with Crippen LogP contribution >= 0.6 is 15.9 Å². The highest BCUT2D eigenvalue weighted by Crippen LogP contribution is 2.21. The second-order valence-corrected chi connectivity index (χ2v) is 6.66. The highest BCUT2D eigenvalue weighted by Gasteiger charge is 2.15. The van der Waals surface area contributed by atoms with E-state index in [1.54, 1.807) is 42.5 Å². The van der Waals surface area contributed by atoms with Gasteiger partial charge in [-0.05, 0) is 64.8 Å². The molecule has 0 unspecified atom stereocenters. The van der Waals surface area contributed by atoms with E-state index in [0.29, 0.717) is 27.0 Å². The number of aryl methyl sites for hydroxylation is 1. The van der Waals surface area contributed by atoms with Gasteiger partial charge in [0.15, 0.2) is 0 Å². The van der Waals surface area contributed by atoms with Crippen molar-refractivity contribution in [1.29, 1.82) is 0 Å². The Kier molecular flexibility index (Phi) is 5.49. The zero-order chi connectivity index (χ0) is 18.5. The number of carbonyl (C=O) groups excluding carboxylic acids is 2. The monoisotopic (exact) mass is 408 g/mol. The third-order valence-corrected chi connectivity index (χ3v) is 4.51. The quantitative estimate of drug-likeness (QED) is 0.618. The van der Waals surface area contributed by atoms with Gasteiger partial charge in [-0.2, -0.15) is 0 Å². The van der Waals surface area contributed by atoms with Crippen LogP contribution in [0, 0.1) is 6.92 Å². The van der Waals surface area contributed by atoms with Crippen molar-refractivity contribution in [1.82, 2.24) is 0 Å². The summed E-state index contributed by atoms with van der Waals surface area (Å²) < 4.78 is 0.694. The minimum absolute atomic E-state index is 0.279. The maximum absolute atomic E-state index is 12.7. The lowest BCUT2D eigenvalue weighted by molar-refractivity contribution is 0.102. The number of nitrogens with one attached hydrogen (secondary N) is 2. The fourth-order valence-electron chi connectivity index (χ4n) is 2.55. The standard InChI is InChI=1S/C21H17BrN2O2/c1-14-7-6-8-15(13-14)23-21(26)17-10-3-5-12-19(17)24-20(25)16-9-2-4-11-18(16)22/h2-13H,1H3,(H,23,26)(H,24,25). The van der Waals surface area contributed by atoms with Gasteiger partial charge >= 0.3 is 0 Å². The van der Waals surface area contributed by atoms with Gasteiger partial charge in [-0.15, -0.1) is 0 Å². The van der Waals surface area contributed by atoms with E-state index in [1.165, 1.54) is 0 Å². The largest absolute Gasteiger partial charge is 0.322 e. The van der Waals surface area contributed by atoms with E-state index in [9.17, 15) is 9.59 Å². The predicted molar refractivity (Wildman–Crippen MR) is 108 cm³/mol. The zero-order valence-corrected chi connectivity index (χ0v) is 15.7. The Hall–Kier alpha value is -2.92. The summed E-state index contributed by atoms with van der Waals surface area (Å²) >= 11 is 3.37. The maximum atomic E-state index is 12.7. The third-order valence-electron chi connectivity index (χ3n) is 3.81. The summed E-state index contributed by atoms with van der Waals surface area (Å²) in [7, 11) is 0. The molecule has 0 bridgehead atoms. The molecule has 130 valence electrons. The van der Waals surface area contributed by atoms with Crippen molar-refractivity contribution in [2.45, 2.75) is 6.92 Å². The minimum atomic E-state index is -0.284. The van der Waals surface area contributed by atoms with E-state index < -0.39 is 0 Å². The Balaban J connectivity index is 1.83. The number of carbonyl (C=O) groups is 2. The molecular weight excluding hydrogens is 392 g/mol. The Morgan fingerprint density at radius 3 is 2.15 bits per heavy atom. The van der Waals surface area contributed by atoms with Crippen molar-refractivity contribution >= 4 is 39.1 Å². The maximum Gasteiger partial charge on any atom is 0.257 e. The number of para-hydroxylation sites is 1. The molecule has 26 heavy (non-hydrogen) atoms. The molecule has 5 heteroatoms. The van der Waals surface area contributed by atoms with E-state index in [1.807, 2.05) is 37.3 Å². The molecule has 4 nitrogen and oxygen atoms in total. The Morgan fingerprint density at radius 1 is 0.769 bits per heavy atom. The van der Waals surface area contributed by atoms with Crippen LogP contribution in [0.3, 0.4) is 0 Å². The number of benzene rings is 3.